The molecule has 0 aliphatic carbocycles. The molecule has 0 aliphatic heterocycles. The van der Waals surface area contributed by atoms with Crippen molar-refractivity contribution >= 4 is 22.5 Å². The number of nitrogens with zero attached hydrogens (tertiary/aromatic N) is 2. The molecule has 24 heavy (non-hydrogen) atoms. The Balaban J connectivity index is 1.63. The minimum Gasteiger partial charge on any atom is -0.326 e. The number of fused-ring (bicyclic) bond motifs is 1. The van der Waals surface area contributed by atoms with Gasteiger partial charge in [0.05, 0.1) is 17.2 Å². The Hall–Kier alpha value is -2.95. The smallest absolute Gasteiger partial charge is 0.260 e. The molecule has 0 saturated heterocycles. The lowest BCUT2D eigenvalue weighted by Gasteiger charge is -2.07. The molecule has 0 spiro atoms. The van der Waals surface area contributed by atoms with Crippen LogP contribution in [0.5, 0.6) is 0 Å². The molecule has 0 fully saturated rings. The predicted molar refractivity (Wildman–Crippen MR) is 95.0 cm³/mol. The zero-order chi connectivity index (χ0) is 16.9. The molecule has 5 heteroatoms. The summed E-state index contributed by atoms with van der Waals surface area (Å²) in [6, 6.07) is 15.3. The molecule has 3 aromatic rings. The predicted octanol–water partition coefficient (Wildman–Crippen LogP) is 2.89. The molecule has 1 aromatic heterocycles. The molecule has 1 N–H and O–H groups in total. The van der Waals surface area contributed by atoms with Crippen LogP contribution in [0.4, 0.5) is 5.69 Å². The molecule has 0 atom stereocenters. The molecule has 2 aromatic carbocycles. The normalized spacial score (nSPS) is 10.7. The zero-order valence-corrected chi connectivity index (χ0v) is 13.5. The van der Waals surface area contributed by atoms with Crippen LogP contribution in [0.2, 0.25) is 0 Å². The van der Waals surface area contributed by atoms with E-state index in [9.17, 15) is 9.59 Å². The third-order valence-corrected chi connectivity index (χ3v) is 3.91. The van der Waals surface area contributed by atoms with Crippen LogP contribution in [0.25, 0.3) is 10.9 Å². The van der Waals surface area contributed by atoms with Gasteiger partial charge in [-0.15, -0.1) is 0 Å². The van der Waals surface area contributed by atoms with E-state index in [1.54, 1.807) is 25.2 Å². The monoisotopic (exact) mass is 321 g/mol. The van der Waals surface area contributed by atoms with Crippen molar-refractivity contribution in [2.24, 2.45) is 7.05 Å². The molecule has 0 unspecified atom stereocenters. The lowest BCUT2D eigenvalue weighted by molar-refractivity contribution is -0.116. The van der Waals surface area contributed by atoms with E-state index in [-0.39, 0.29) is 11.5 Å². The Bertz CT molecular complexity index is 917. The Labute approximate surface area is 140 Å². The highest BCUT2D eigenvalue weighted by atomic mass is 16.1. The van der Waals surface area contributed by atoms with Crippen molar-refractivity contribution in [2.75, 3.05) is 5.32 Å². The fourth-order valence-corrected chi connectivity index (χ4v) is 2.61. The second kappa shape index (κ2) is 7.08. The average Bonchev–Trinajstić information content (AvgIpc) is 2.59. The highest BCUT2D eigenvalue weighted by molar-refractivity contribution is 5.93. The topological polar surface area (TPSA) is 64.0 Å². The molecule has 3 rings (SSSR count). The van der Waals surface area contributed by atoms with Gasteiger partial charge in [0.25, 0.3) is 5.56 Å². The molecule has 0 radical (unpaired) electrons. The van der Waals surface area contributed by atoms with Crippen LogP contribution in [-0.2, 0) is 18.3 Å². The van der Waals surface area contributed by atoms with Crippen molar-refractivity contribution in [2.45, 2.75) is 19.3 Å². The molecule has 0 saturated carbocycles. The fourth-order valence-electron chi connectivity index (χ4n) is 2.61. The van der Waals surface area contributed by atoms with E-state index in [2.05, 4.69) is 22.4 Å². The number of carbonyl (C=O) groups is 1. The Morgan fingerprint density at radius 1 is 1.17 bits per heavy atom. The zero-order valence-electron chi connectivity index (χ0n) is 13.5. The SMILES string of the molecule is Cn1cnc2ccc(NC(=O)CCCc3ccccc3)cc2c1=O. The van der Waals surface area contributed by atoms with Crippen LogP contribution in [0.3, 0.4) is 0 Å². The van der Waals surface area contributed by atoms with Crippen LogP contribution in [0.1, 0.15) is 18.4 Å². The summed E-state index contributed by atoms with van der Waals surface area (Å²) < 4.78 is 1.42. The van der Waals surface area contributed by atoms with Crippen molar-refractivity contribution in [1.29, 1.82) is 0 Å². The third kappa shape index (κ3) is 3.68. The highest BCUT2D eigenvalue weighted by Gasteiger charge is 2.06. The standard InChI is InChI=1S/C19H19N3O2/c1-22-13-20-17-11-10-15(12-16(17)19(22)24)21-18(23)9-5-8-14-6-3-2-4-7-14/h2-4,6-7,10-13H,5,8-9H2,1H3,(H,21,23). The van der Waals surface area contributed by atoms with Crippen molar-refractivity contribution < 1.29 is 4.79 Å². The maximum absolute atomic E-state index is 12.1. The van der Waals surface area contributed by atoms with Crippen LogP contribution in [0.15, 0.2) is 59.7 Å². The van der Waals surface area contributed by atoms with E-state index in [1.807, 2.05) is 18.2 Å². The largest absolute Gasteiger partial charge is 0.326 e. The summed E-state index contributed by atoms with van der Waals surface area (Å²) in [7, 11) is 1.66. The summed E-state index contributed by atoms with van der Waals surface area (Å²) in [5.74, 6) is -0.0500. The molecule has 5 nitrogen and oxygen atoms in total. The minimum absolute atomic E-state index is 0.0500. The molecule has 1 amide bonds. The van der Waals surface area contributed by atoms with Gasteiger partial charge in [0, 0.05) is 19.2 Å². The summed E-state index contributed by atoms with van der Waals surface area (Å²) in [6.07, 6.45) is 3.59. The van der Waals surface area contributed by atoms with Gasteiger partial charge in [-0.2, -0.15) is 0 Å². The van der Waals surface area contributed by atoms with Crippen molar-refractivity contribution in [3.05, 3.63) is 70.8 Å². The van der Waals surface area contributed by atoms with Gasteiger partial charge in [0.1, 0.15) is 0 Å². The van der Waals surface area contributed by atoms with Crippen molar-refractivity contribution in [1.82, 2.24) is 9.55 Å². The van der Waals surface area contributed by atoms with E-state index in [0.717, 1.165) is 12.8 Å². The molecular weight excluding hydrogens is 302 g/mol. The maximum Gasteiger partial charge on any atom is 0.260 e. The molecular formula is C19H19N3O2. The van der Waals surface area contributed by atoms with E-state index in [4.69, 9.17) is 0 Å². The van der Waals surface area contributed by atoms with E-state index in [0.29, 0.717) is 23.0 Å². The van der Waals surface area contributed by atoms with Crippen LogP contribution in [0, 0.1) is 0 Å². The number of anilines is 1. The van der Waals surface area contributed by atoms with E-state index >= 15 is 0 Å². The summed E-state index contributed by atoms with van der Waals surface area (Å²) >= 11 is 0. The number of carbonyl (C=O) groups excluding carboxylic acids is 1. The van der Waals surface area contributed by atoms with Crippen molar-refractivity contribution in [3.8, 4) is 0 Å². The third-order valence-electron chi connectivity index (χ3n) is 3.91. The lowest BCUT2D eigenvalue weighted by Crippen LogP contribution is -2.17. The van der Waals surface area contributed by atoms with Gasteiger partial charge in [-0.1, -0.05) is 30.3 Å². The summed E-state index contributed by atoms with van der Waals surface area (Å²) in [5.41, 5.74) is 2.35. The van der Waals surface area contributed by atoms with Gasteiger partial charge >= 0.3 is 0 Å². The van der Waals surface area contributed by atoms with E-state index in [1.165, 1.54) is 16.5 Å². The minimum atomic E-state index is -0.125. The van der Waals surface area contributed by atoms with Gasteiger partial charge in [0.2, 0.25) is 5.91 Å². The average molecular weight is 321 g/mol. The number of benzene rings is 2. The maximum atomic E-state index is 12.1. The number of aromatic nitrogens is 2. The molecule has 0 aliphatic rings. The summed E-state index contributed by atoms with van der Waals surface area (Å²) in [4.78, 5) is 28.4. The Kier molecular flexibility index (Phi) is 4.70. The first-order valence-corrected chi connectivity index (χ1v) is 7.92. The first kappa shape index (κ1) is 15.9. The molecule has 122 valence electrons. The second-order valence-corrected chi connectivity index (χ2v) is 5.78. The highest BCUT2D eigenvalue weighted by Crippen LogP contribution is 2.15. The Morgan fingerprint density at radius 2 is 1.96 bits per heavy atom. The molecule has 1 heterocycles. The number of rotatable bonds is 5. The number of aryl methyl sites for hydroxylation is 2. The number of amides is 1. The molecule has 0 bridgehead atoms. The number of hydrogen-bond donors (Lipinski definition) is 1. The quantitative estimate of drug-likeness (QED) is 0.786. The van der Waals surface area contributed by atoms with Gasteiger partial charge in [-0.05, 0) is 36.6 Å². The van der Waals surface area contributed by atoms with Crippen LogP contribution in [-0.4, -0.2) is 15.5 Å². The first-order chi connectivity index (χ1) is 11.6. The number of nitrogens with one attached hydrogen (secondary N) is 1. The summed E-state index contributed by atoms with van der Waals surface area (Å²) in [6.45, 7) is 0. The number of hydrogen-bond acceptors (Lipinski definition) is 3. The van der Waals surface area contributed by atoms with Crippen molar-refractivity contribution in [3.63, 3.8) is 0 Å². The summed E-state index contributed by atoms with van der Waals surface area (Å²) in [5, 5.41) is 3.35. The van der Waals surface area contributed by atoms with Crippen LogP contribution < -0.4 is 10.9 Å². The van der Waals surface area contributed by atoms with Gasteiger partial charge < -0.3 is 9.88 Å². The fraction of sp³-hybridized carbons (Fsp3) is 0.211. The lowest BCUT2D eigenvalue weighted by atomic mass is 10.1. The Morgan fingerprint density at radius 3 is 2.75 bits per heavy atom. The van der Waals surface area contributed by atoms with Gasteiger partial charge in [-0.3, -0.25) is 9.59 Å². The second-order valence-electron chi connectivity index (χ2n) is 5.78. The van der Waals surface area contributed by atoms with Crippen LogP contribution >= 0.6 is 0 Å². The first-order valence-electron chi connectivity index (χ1n) is 7.92. The van der Waals surface area contributed by atoms with Gasteiger partial charge in [-0.25, -0.2) is 4.98 Å². The van der Waals surface area contributed by atoms with E-state index < -0.39 is 0 Å². The van der Waals surface area contributed by atoms with Gasteiger partial charge in [0.15, 0.2) is 0 Å².